The molecule has 1 heterocycles. The zero-order valence-electron chi connectivity index (χ0n) is 16.9. The SMILES string of the molecule is CN1CCc2cccc3c2[C@H]1Cc1ccc(O)c(O)c1-3.O=C(O)c1cc(O)ccc1O. The molecule has 3 aromatic carbocycles. The lowest BCUT2D eigenvalue weighted by atomic mass is 9.77. The molecule has 0 unspecified atom stereocenters. The van der Waals surface area contributed by atoms with Crippen molar-refractivity contribution in [1.29, 1.82) is 0 Å². The van der Waals surface area contributed by atoms with E-state index < -0.39 is 5.97 Å². The number of carboxylic acid groups (broad SMARTS) is 1. The Bertz CT molecular complexity index is 1170. The molecule has 1 atom stereocenters. The molecule has 5 N–H and O–H groups in total. The van der Waals surface area contributed by atoms with Crippen molar-refractivity contribution >= 4 is 5.97 Å². The predicted octanol–water partition coefficient (Wildman–Crippen LogP) is 3.65. The van der Waals surface area contributed by atoms with E-state index in [4.69, 9.17) is 15.3 Å². The Balaban J connectivity index is 0.000000180. The van der Waals surface area contributed by atoms with Crippen LogP contribution in [-0.4, -0.2) is 50.0 Å². The van der Waals surface area contributed by atoms with Gasteiger partial charge in [-0.3, -0.25) is 4.90 Å². The minimum Gasteiger partial charge on any atom is -0.508 e. The van der Waals surface area contributed by atoms with E-state index in [0.29, 0.717) is 6.04 Å². The lowest BCUT2D eigenvalue weighted by molar-refractivity contribution is 0.0693. The molecule has 1 aliphatic carbocycles. The van der Waals surface area contributed by atoms with Gasteiger partial charge in [-0.2, -0.15) is 0 Å². The van der Waals surface area contributed by atoms with Gasteiger partial charge in [0.15, 0.2) is 11.5 Å². The fraction of sp³-hybridized carbons (Fsp3) is 0.208. The number of rotatable bonds is 1. The van der Waals surface area contributed by atoms with E-state index in [1.54, 1.807) is 6.07 Å². The van der Waals surface area contributed by atoms with Crippen molar-refractivity contribution in [2.24, 2.45) is 0 Å². The Kier molecular flexibility index (Phi) is 5.20. The van der Waals surface area contributed by atoms with Crippen LogP contribution >= 0.6 is 0 Å². The third-order valence-electron chi connectivity index (χ3n) is 5.93. The predicted molar refractivity (Wildman–Crippen MR) is 115 cm³/mol. The number of benzene rings is 3. The van der Waals surface area contributed by atoms with Gasteiger partial charge in [0.1, 0.15) is 17.1 Å². The number of phenols is 4. The summed E-state index contributed by atoms with van der Waals surface area (Å²) in [5.74, 6) is -1.82. The summed E-state index contributed by atoms with van der Waals surface area (Å²) in [4.78, 5) is 12.7. The highest BCUT2D eigenvalue weighted by Crippen LogP contribution is 2.49. The van der Waals surface area contributed by atoms with Gasteiger partial charge in [-0.05, 0) is 66.4 Å². The average Bonchev–Trinajstić information content (AvgIpc) is 2.75. The Labute approximate surface area is 179 Å². The van der Waals surface area contributed by atoms with Gasteiger partial charge in [0.25, 0.3) is 0 Å². The highest BCUT2D eigenvalue weighted by Gasteiger charge is 2.34. The molecule has 1 aliphatic heterocycles. The average molecular weight is 421 g/mol. The minimum atomic E-state index is -1.27. The Morgan fingerprint density at radius 3 is 2.42 bits per heavy atom. The normalized spacial score (nSPS) is 16.5. The van der Waals surface area contributed by atoms with E-state index >= 15 is 0 Å². The first-order valence-electron chi connectivity index (χ1n) is 9.89. The van der Waals surface area contributed by atoms with Crippen molar-refractivity contribution in [3.63, 3.8) is 0 Å². The zero-order valence-corrected chi connectivity index (χ0v) is 16.9. The maximum Gasteiger partial charge on any atom is 0.339 e. The number of hydrogen-bond donors (Lipinski definition) is 5. The summed E-state index contributed by atoms with van der Waals surface area (Å²) in [6.45, 7) is 1.07. The van der Waals surface area contributed by atoms with E-state index in [1.807, 2.05) is 6.07 Å². The number of fused-ring (bicyclic) bond motifs is 2. The van der Waals surface area contributed by atoms with Crippen LogP contribution in [0.25, 0.3) is 11.1 Å². The van der Waals surface area contributed by atoms with Gasteiger partial charge in [0, 0.05) is 18.2 Å². The van der Waals surface area contributed by atoms with Gasteiger partial charge in [0.05, 0.1) is 0 Å². The van der Waals surface area contributed by atoms with Gasteiger partial charge in [-0.1, -0.05) is 24.3 Å². The number of aromatic hydroxyl groups is 4. The number of carbonyl (C=O) groups is 1. The fourth-order valence-electron chi connectivity index (χ4n) is 4.37. The molecule has 0 radical (unpaired) electrons. The standard InChI is InChI=1S/C17H17NO2.C7H6O4/c1-18-8-7-10-3-2-4-12-15(10)13(18)9-11-5-6-14(19)17(20)16(11)12;8-4-1-2-6(9)5(3-4)7(10)11/h2-6,13,19-20H,7-9H2,1H3;1-3,8-9H,(H,10,11)/t13-;/m1./s1. The maximum absolute atomic E-state index is 10.3. The van der Waals surface area contributed by atoms with E-state index in [9.17, 15) is 15.0 Å². The minimum absolute atomic E-state index is 0.0163. The van der Waals surface area contributed by atoms with Crippen molar-refractivity contribution in [2.45, 2.75) is 18.9 Å². The molecule has 160 valence electrons. The van der Waals surface area contributed by atoms with E-state index in [2.05, 4.69) is 30.1 Å². The molecule has 0 amide bonds. The first-order valence-corrected chi connectivity index (χ1v) is 9.89. The maximum atomic E-state index is 10.3. The smallest absolute Gasteiger partial charge is 0.339 e. The molecule has 0 fully saturated rings. The molecule has 2 aliphatic rings. The first-order chi connectivity index (χ1) is 14.8. The first kappa shape index (κ1) is 20.6. The van der Waals surface area contributed by atoms with Crippen molar-refractivity contribution < 1.29 is 30.3 Å². The number of aromatic carboxylic acids is 1. The Morgan fingerprint density at radius 1 is 0.968 bits per heavy atom. The molecule has 3 aromatic rings. The summed E-state index contributed by atoms with van der Waals surface area (Å²) in [5.41, 5.74) is 5.41. The second kappa shape index (κ2) is 7.85. The van der Waals surface area contributed by atoms with Crippen LogP contribution in [0, 0.1) is 0 Å². The number of phenolic OH excluding ortho intramolecular Hbond substituents is 3. The fourth-order valence-corrected chi connectivity index (χ4v) is 4.37. The molecule has 7 heteroatoms. The largest absolute Gasteiger partial charge is 0.508 e. The lowest BCUT2D eigenvalue weighted by Crippen LogP contribution is -2.35. The van der Waals surface area contributed by atoms with Crippen molar-refractivity contribution in [3.8, 4) is 34.1 Å². The molecule has 31 heavy (non-hydrogen) atoms. The van der Waals surface area contributed by atoms with Gasteiger partial charge < -0.3 is 25.5 Å². The van der Waals surface area contributed by atoms with Gasteiger partial charge in [-0.25, -0.2) is 4.79 Å². The summed E-state index contributed by atoms with van der Waals surface area (Å²) in [6.07, 6.45) is 1.94. The van der Waals surface area contributed by atoms with E-state index in [0.717, 1.165) is 48.2 Å². The number of carboxylic acids is 1. The van der Waals surface area contributed by atoms with Crippen LogP contribution in [0.5, 0.6) is 23.0 Å². The Hall–Kier alpha value is -3.71. The quantitative estimate of drug-likeness (QED) is 0.300. The summed E-state index contributed by atoms with van der Waals surface area (Å²) >= 11 is 0. The molecule has 7 nitrogen and oxygen atoms in total. The third-order valence-corrected chi connectivity index (χ3v) is 5.93. The van der Waals surface area contributed by atoms with Crippen molar-refractivity contribution in [1.82, 2.24) is 4.90 Å². The molecule has 0 saturated heterocycles. The zero-order chi connectivity index (χ0) is 22.3. The molecule has 5 rings (SSSR count). The van der Waals surface area contributed by atoms with Crippen molar-refractivity contribution in [2.75, 3.05) is 13.6 Å². The highest BCUT2D eigenvalue weighted by atomic mass is 16.4. The van der Waals surface area contributed by atoms with Crippen LogP contribution in [-0.2, 0) is 12.8 Å². The van der Waals surface area contributed by atoms with Crippen molar-refractivity contribution in [3.05, 3.63) is 70.8 Å². The molecule has 0 bridgehead atoms. The molecule has 0 spiro atoms. The second-order valence-electron chi connectivity index (χ2n) is 7.80. The summed E-state index contributed by atoms with van der Waals surface area (Å²) < 4.78 is 0. The number of hydrogen-bond acceptors (Lipinski definition) is 6. The van der Waals surface area contributed by atoms with Gasteiger partial charge in [0.2, 0.25) is 0 Å². The second-order valence-corrected chi connectivity index (χ2v) is 7.80. The topological polar surface area (TPSA) is 121 Å². The van der Waals surface area contributed by atoms with Crippen LogP contribution in [0.2, 0.25) is 0 Å². The third kappa shape index (κ3) is 3.64. The molecule has 0 saturated carbocycles. The van der Waals surface area contributed by atoms with Crippen LogP contribution in [0.4, 0.5) is 0 Å². The summed E-state index contributed by atoms with van der Waals surface area (Å²) in [7, 11) is 2.16. The molecular weight excluding hydrogens is 398 g/mol. The molecular formula is C24H23NO6. The van der Waals surface area contributed by atoms with Crippen LogP contribution in [0.1, 0.15) is 33.1 Å². The summed E-state index contributed by atoms with van der Waals surface area (Å²) in [5, 5.41) is 46.2. The monoisotopic (exact) mass is 421 g/mol. The lowest BCUT2D eigenvalue weighted by Gasteiger charge is -2.39. The summed E-state index contributed by atoms with van der Waals surface area (Å²) in [6, 6.07) is 13.5. The number of likely N-dealkylation sites (N-methyl/N-ethyl adjacent to an activating group) is 1. The highest BCUT2D eigenvalue weighted by molar-refractivity contribution is 5.91. The molecule has 0 aromatic heterocycles. The van der Waals surface area contributed by atoms with Gasteiger partial charge >= 0.3 is 5.97 Å². The van der Waals surface area contributed by atoms with E-state index in [-0.39, 0.29) is 28.6 Å². The Morgan fingerprint density at radius 2 is 1.71 bits per heavy atom. The van der Waals surface area contributed by atoms with E-state index in [1.165, 1.54) is 17.2 Å². The van der Waals surface area contributed by atoms with Crippen LogP contribution in [0.3, 0.4) is 0 Å². The van der Waals surface area contributed by atoms with Crippen LogP contribution < -0.4 is 0 Å². The van der Waals surface area contributed by atoms with Gasteiger partial charge in [-0.15, -0.1) is 0 Å². The number of nitrogens with zero attached hydrogens (tertiary/aromatic N) is 1. The van der Waals surface area contributed by atoms with Crippen LogP contribution in [0.15, 0.2) is 48.5 Å².